The van der Waals surface area contributed by atoms with Gasteiger partial charge in [0.15, 0.2) is 0 Å². The molecular weight excluding hydrogens is 260 g/mol. The Morgan fingerprint density at radius 3 is 2.60 bits per heavy atom. The topological polar surface area (TPSA) is 82.8 Å². The second kappa shape index (κ2) is 7.69. The maximum Gasteiger partial charge on any atom is 0.304 e. The van der Waals surface area contributed by atoms with Crippen LogP contribution in [0.5, 0.6) is 0 Å². The summed E-state index contributed by atoms with van der Waals surface area (Å²) in [5, 5.41) is 11.5. The summed E-state index contributed by atoms with van der Waals surface area (Å²) in [7, 11) is 0. The van der Waals surface area contributed by atoms with E-state index in [1.807, 2.05) is 18.7 Å². The molecule has 1 unspecified atom stereocenters. The average Bonchev–Trinajstić information content (AvgIpc) is 2.88. The van der Waals surface area contributed by atoms with E-state index in [1.165, 1.54) is 0 Å². The summed E-state index contributed by atoms with van der Waals surface area (Å²) in [6.45, 7) is 6.35. The van der Waals surface area contributed by atoms with Gasteiger partial charge in [0.1, 0.15) is 5.76 Å². The van der Waals surface area contributed by atoms with Crippen LogP contribution in [0.1, 0.15) is 33.0 Å². The molecule has 0 aliphatic carbocycles. The zero-order chi connectivity index (χ0) is 15.1. The summed E-state index contributed by atoms with van der Waals surface area (Å²) in [5.41, 5.74) is 0. The van der Waals surface area contributed by atoms with E-state index in [0.717, 1.165) is 0 Å². The van der Waals surface area contributed by atoms with Crippen LogP contribution in [-0.2, 0) is 16.1 Å². The van der Waals surface area contributed by atoms with Crippen molar-refractivity contribution in [3.63, 3.8) is 0 Å². The molecule has 0 bridgehead atoms. The molecule has 0 radical (unpaired) electrons. The first-order valence-corrected chi connectivity index (χ1v) is 6.69. The first-order chi connectivity index (χ1) is 9.41. The Kier molecular flexibility index (Phi) is 6.24. The fourth-order valence-corrected chi connectivity index (χ4v) is 2.01. The first kappa shape index (κ1) is 16.2. The van der Waals surface area contributed by atoms with E-state index < -0.39 is 5.97 Å². The third kappa shape index (κ3) is 5.05. The molecule has 2 N–H and O–H groups in total. The third-order valence-electron chi connectivity index (χ3n) is 3.14. The highest BCUT2D eigenvalue weighted by molar-refractivity contribution is 5.81. The van der Waals surface area contributed by atoms with Crippen LogP contribution < -0.4 is 5.32 Å². The molecule has 1 aromatic heterocycles. The van der Waals surface area contributed by atoms with Crippen LogP contribution in [0.4, 0.5) is 0 Å². The second-order valence-electron chi connectivity index (χ2n) is 4.95. The minimum Gasteiger partial charge on any atom is -0.481 e. The van der Waals surface area contributed by atoms with E-state index in [1.54, 1.807) is 25.3 Å². The van der Waals surface area contributed by atoms with Gasteiger partial charge in [0, 0.05) is 12.6 Å². The van der Waals surface area contributed by atoms with Gasteiger partial charge in [-0.1, -0.05) is 0 Å². The van der Waals surface area contributed by atoms with Gasteiger partial charge in [-0.05, 0) is 32.9 Å². The largest absolute Gasteiger partial charge is 0.481 e. The highest BCUT2D eigenvalue weighted by atomic mass is 16.4. The number of nitrogens with zero attached hydrogens (tertiary/aromatic N) is 1. The number of hydrogen-bond acceptors (Lipinski definition) is 4. The van der Waals surface area contributed by atoms with Crippen LogP contribution in [-0.4, -0.2) is 40.5 Å². The molecule has 0 fully saturated rings. The number of rotatable bonds is 8. The lowest BCUT2D eigenvalue weighted by Gasteiger charge is -2.31. The van der Waals surface area contributed by atoms with Crippen molar-refractivity contribution in [2.45, 2.75) is 45.8 Å². The number of furan rings is 1. The monoisotopic (exact) mass is 282 g/mol. The van der Waals surface area contributed by atoms with Crippen LogP contribution in [0.2, 0.25) is 0 Å². The molecule has 0 aromatic carbocycles. The number of amides is 1. The Labute approximate surface area is 118 Å². The Balaban J connectivity index is 2.52. The van der Waals surface area contributed by atoms with Crippen LogP contribution in [0.15, 0.2) is 22.8 Å². The molecule has 1 atom stereocenters. The Morgan fingerprint density at radius 1 is 1.40 bits per heavy atom. The lowest BCUT2D eigenvalue weighted by Crippen LogP contribution is -2.48. The molecule has 0 aliphatic heterocycles. The highest BCUT2D eigenvalue weighted by Gasteiger charge is 2.23. The van der Waals surface area contributed by atoms with Gasteiger partial charge in [-0.25, -0.2) is 0 Å². The predicted octanol–water partition coefficient (Wildman–Crippen LogP) is 1.47. The zero-order valence-corrected chi connectivity index (χ0v) is 12.1. The molecule has 1 rings (SSSR count). The van der Waals surface area contributed by atoms with Gasteiger partial charge in [0.2, 0.25) is 5.91 Å². The van der Waals surface area contributed by atoms with Crippen molar-refractivity contribution in [1.82, 2.24) is 10.2 Å². The standard InChI is InChI=1S/C14H22N2O4/c1-10(2)16(7-6-13(17)18)11(3)14(19)15-9-12-5-4-8-20-12/h4-5,8,10-11H,6-7,9H2,1-3H3,(H,15,19)(H,17,18). The smallest absolute Gasteiger partial charge is 0.304 e. The molecule has 6 nitrogen and oxygen atoms in total. The van der Waals surface area contributed by atoms with E-state index in [9.17, 15) is 9.59 Å². The Bertz CT molecular complexity index is 428. The second-order valence-corrected chi connectivity index (χ2v) is 4.95. The molecule has 0 saturated heterocycles. The maximum absolute atomic E-state index is 12.1. The summed E-state index contributed by atoms with van der Waals surface area (Å²) in [6, 6.07) is 3.26. The first-order valence-electron chi connectivity index (χ1n) is 6.69. The van der Waals surface area contributed by atoms with E-state index in [2.05, 4.69) is 5.32 Å². The molecule has 0 spiro atoms. The van der Waals surface area contributed by atoms with Crippen molar-refractivity contribution in [2.24, 2.45) is 0 Å². The van der Waals surface area contributed by atoms with Crippen LogP contribution in [0.25, 0.3) is 0 Å². The fraction of sp³-hybridized carbons (Fsp3) is 0.571. The van der Waals surface area contributed by atoms with E-state index in [4.69, 9.17) is 9.52 Å². The Morgan fingerprint density at radius 2 is 2.10 bits per heavy atom. The highest BCUT2D eigenvalue weighted by Crippen LogP contribution is 2.08. The van der Waals surface area contributed by atoms with Gasteiger partial charge >= 0.3 is 5.97 Å². The van der Waals surface area contributed by atoms with E-state index in [0.29, 0.717) is 18.8 Å². The summed E-state index contributed by atoms with van der Waals surface area (Å²) < 4.78 is 5.14. The lowest BCUT2D eigenvalue weighted by atomic mass is 10.2. The minimum atomic E-state index is -0.862. The van der Waals surface area contributed by atoms with Crippen molar-refractivity contribution >= 4 is 11.9 Å². The molecule has 1 aromatic rings. The minimum absolute atomic E-state index is 0.0218. The lowest BCUT2D eigenvalue weighted by molar-refractivity contribution is -0.138. The number of carboxylic acids is 1. The SMILES string of the molecule is CC(C)N(CCC(=O)O)C(C)C(=O)NCc1ccco1. The van der Waals surface area contributed by atoms with Gasteiger partial charge in [0.05, 0.1) is 25.3 Å². The third-order valence-corrected chi connectivity index (χ3v) is 3.14. The normalized spacial score (nSPS) is 12.7. The van der Waals surface area contributed by atoms with Gasteiger partial charge in [0.25, 0.3) is 0 Å². The summed E-state index contributed by atoms with van der Waals surface area (Å²) in [5.74, 6) is -0.313. The Hall–Kier alpha value is -1.82. The van der Waals surface area contributed by atoms with Crippen molar-refractivity contribution < 1.29 is 19.1 Å². The number of carbonyl (C=O) groups is 2. The van der Waals surface area contributed by atoms with Gasteiger partial charge < -0.3 is 14.8 Å². The molecule has 1 amide bonds. The zero-order valence-electron chi connectivity index (χ0n) is 12.1. The molecule has 6 heteroatoms. The number of nitrogens with one attached hydrogen (secondary N) is 1. The average molecular weight is 282 g/mol. The number of hydrogen-bond donors (Lipinski definition) is 2. The van der Waals surface area contributed by atoms with Crippen molar-refractivity contribution in [3.05, 3.63) is 24.2 Å². The maximum atomic E-state index is 12.1. The molecule has 1 heterocycles. The quantitative estimate of drug-likeness (QED) is 0.754. The number of carbonyl (C=O) groups excluding carboxylic acids is 1. The molecule has 0 saturated carbocycles. The van der Waals surface area contributed by atoms with E-state index >= 15 is 0 Å². The van der Waals surface area contributed by atoms with Crippen LogP contribution in [0.3, 0.4) is 0 Å². The molecular formula is C14H22N2O4. The van der Waals surface area contributed by atoms with E-state index in [-0.39, 0.29) is 24.4 Å². The summed E-state index contributed by atoms with van der Waals surface area (Å²) >= 11 is 0. The fourth-order valence-electron chi connectivity index (χ4n) is 2.01. The van der Waals surface area contributed by atoms with Crippen LogP contribution in [0, 0.1) is 0 Å². The van der Waals surface area contributed by atoms with Crippen molar-refractivity contribution in [1.29, 1.82) is 0 Å². The summed E-state index contributed by atoms with van der Waals surface area (Å²) in [6.07, 6.45) is 1.58. The molecule has 0 aliphatic rings. The van der Waals surface area contributed by atoms with Gasteiger partial charge in [-0.2, -0.15) is 0 Å². The van der Waals surface area contributed by atoms with Crippen molar-refractivity contribution in [3.8, 4) is 0 Å². The number of carboxylic acid groups (broad SMARTS) is 1. The van der Waals surface area contributed by atoms with Crippen molar-refractivity contribution in [2.75, 3.05) is 6.54 Å². The number of aliphatic carboxylic acids is 1. The van der Waals surface area contributed by atoms with Gasteiger partial charge in [-0.15, -0.1) is 0 Å². The van der Waals surface area contributed by atoms with Crippen LogP contribution >= 0.6 is 0 Å². The molecule has 20 heavy (non-hydrogen) atoms. The molecule has 112 valence electrons. The predicted molar refractivity (Wildman–Crippen MR) is 74.1 cm³/mol. The van der Waals surface area contributed by atoms with Gasteiger partial charge in [-0.3, -0.25) is 14.5 Å². The summed E-state index contributed by atoms with van der Waals surface area (Å²) in [4.78, 5) is 24.6.